The van der Waals surface area contributed by atoms with Gasteiger partial charge < -0.3 is 15.1 Å². The van der Waals surface area contributed by atoms with Crippen molar-refractivity contribution in [3.63, 3.8) is 0 Å². The molecule has 1 saturated heterocycles. The van der Waals surface area contributed by atoms with Gasteiger partial charge in [-0.05, 0) is 43.7 Å². The fraction of sp³-hybridized carbons (Fsp3) is 0.600. The average molecular weight is 215 g/mol. The lowest BCUT2D eigenvalue weighted by Crippen LogP contribution is -2.38. The van der Waals surface area contributed by atoms with Crippen molar-refractivity contribution in [3.8, 4) is 0 Å². The molecular weight excluding hydrogens is 200 g/mol. The summed E-state index contributed by atoms with van der Waals surface area (Å²) in [6, 6.07) is 4.33. The van der Waals surface area contributed by atoms with E-state index >= 15 is 0 Å². The van der Waals surface area contributed by atoms with E-state index in [1.54, 1.807) is 6.07 Å². The van der Waals surface area contributed by atoms with E-state index in [0.717, 1.165) is 25.1 Å². The van der Waals surface area contributed by atoms with Gasteiger partial charge in [0.05, 0.1) is 0 Å². The normalized spacial score (nSPS) is 28.5. The standard InChI is InChI=1S/C10H15ClN2O/c1-13-5-4-8(12)9(13)6-7-2-3-10(11)14-7/h2-3,8-9H,4-6,12H2,1H3. The summed E-state index contributed by atoms with van der Waals surface area (Å²) >= 11 is 5.71. The molecule has 78 valence electrons. The van der Waals surface area contributed by atoms with Crippen LogP contribution in [-0.2, 0) is 6.42 Å². The van der Waals surface area contributed by atoms with Gasteiger partial charge in [0.2, 0.25) is 0 Å². The fourth-order valence-electron chi connectivity index (χ4n) is 2.01. The van der Waals surface area contributed by atoms with Crippen molar-refractivity contribution < 1.29 is 4.42 Å². The zero-order valence-electron chi connectivity index (χ0n) is 8.24. The van der Waals surface area contributed by atoms with Crippen LogP contribution in [0.3, 0.4) is 0 Å². The smallest absolute Gasteiger partial charge is 0.193 e. The summed E-state index contributed by atoms with van der Waals surface area (Å²) in [5.41, 5.74) is 6.01. The van der Waals surface area contributed by atoms with Gasteiger partial charge in [-0.3, -0.25) is 0 Å². The molecule has 1 aliphatic heterocycles. The Morgan fingerprint density at radius 3 is 2.93 bits per heavy atom. The molecule has 2 heterocycles. The third-order valence-electron chi connectivity index (χ3n) is 2.91. The Balaban J connectivity index is 2.03. The summed E-state index contributed by atoms with van der Waals surface area (Å²) in [5, 5.41) is 0.453. The van der Waals surface area contributed by atoms with Crippen LogP contribution in [0.4, 0.5) is 0 Å². The van der Waals surface area contributed by atoms with Crippen LogP contribution in [0.25, 0.3) is 0 Å². The maximum atomic E-state index is 6.01. The van der Waals surface area contributed by atoms with E-state index in [9.17, 15) is 0 Å². The Bertz CT molecular complexity index is 303. The molecule has 0 aromatic carbocycles. The van der Waals surface area contributed by atoms with E-state index < -0.39 is 0 Å². The summed E-state index contributed by atoms with van der Waals surface area (Å²) < 4.78 is 5.33. The first-order valence-electron chi connectivity index (χ1n) is 4.87. The van der Waals surface area contributed by atoms with Crippen molar-refractivity contribution in [1.29, 1.82) is 0 Å². The SMILES string of the molecule is CN1CCC(N)C1Cc1ccc(Cl)o1. The lowest BCUT2D eigenvalue weighted by molar-refractivity contribution is 0.282. The molecule has 14 heavy (non-hydrogen) atoms. The molecule has 2 unspecified atom stereocenters. The van der Waals surface area contributed by atoms with Crippen LogP contribution in [-0.4, -0.2) is 30.6 Å². The second-order valence-electron chi connectivity index (χ2n) is 3.91. The summed E-state index contributed by atoms with van der Waals surface area (Å²) in [7, 11) is 2.10. The Kier molecular flexibility index (Phi) is 2.81. The molecular formula is C10H15ClN2O. The zero-order chi connectivity index (χ0) is 10.1. The number of likely N-dealkylation sites (tertiary alicyclic amines) is 1. The van der Waals surface area contributed by atoms with Crippen molar-refractivity contribution in [1.82, 2.24) is 4.90 Å². The molecule has 1 aromatic rings. The third-order valence-corrected chi connectivity index (χ3v) is 3.12. The molecule has 0 bridgehead atoms. The Morgan fingerprint density at radius 1 is 1.64 bits per heavy atom. The molecule has 1 aliphatic rings. The van der Waals surface area contributed by atoms with Gasteiger partial charge in [-0.2, -0.15) is 0 Å². The van der Waals surface area contributed by atoms with Crippen molar-refractivity contribution in [2.24, 2.45) is 5.73 Å². The largest absolute Gasteiger partial charge is 0.450 e. The monoisotopic (exact) mass is 214 g/mol. The number of hydrogen-bond donors (Lipinski definition) is 1. The van der Waals surface area contributed by atoms with Gasteiger partial charge in [-0.15, -0.1) is 0 Å². The maximum absolute atomic E-state index is 6.01. The van der Waals surface area contributed by atoms with Gasteiger partial charge >= 0.3 is 0 Å². The van der Waals surface area contributed by atoms with Crippen LogP contribution in [0.15, 0.2) is 16.5 Å². The van der Waals surface area contributed by atoms with Crippen molar-refractivity contribution in [2.45, 2.75) is 24.9 Å². The molecule has 0 spiro atoms. The second kappa shape index (κ2) is 3.93. The molecule has 0 amide bonds. The number of hydrogen-bond acceptors (Lipinski definition) is 3. The first-order valence-corrected chi connectivity index (χ1v) is 5.24. The zero-order valence-corrected chi connectivity index (χ0v) is 9.00. The second-order valence-corrected chi connectivity index (χ2v) is 4.28. The van der Waals surface area contributed by atoms with Crippen LogP contribution >= 0.6 is 11.6 Å². The average Bonchev–Trinajstić information content (AvgIpc) is 2.67. The lowest BCUT2D eigenvalue weighted by Gasteiger charge is -2.21. The molecule has 2 atom stereocenters. The first kappa shape index (κ1) is 10.0. The topological polar surface area (TPSA) is 42.4 Å². The number of rotatable bonds is 2. The first-order chi connectivity index (χ1) is 6.66. The van der Waals surface area contributed by atoms with E-state index in [1.807, 2.05) is 6.07 Å². The van der Waals surface area contributed by atoms with E-state index in [4.69, 9.17) is 21.8 Å². The van der Waals surface area contributed by atoms with Gasteiger partial charge in [0.1, 0.15) is 5.76 Å². The van der Waals surface area contributed by atoms with Crippen LogP contribution in [0.2, 0.25) is 5.22 Å². The Morgan fingerprint density at radius 2 is 2.43 bits per heavy atom. The number of halogens is 1. The van der Waals surface area contributed by atoms with E-state index in [0.29, 0.717) is 11.3 Å². The summed E-state index contributed by atoms with van der Waals surface area (Å²) in [5.74, 6) is 0.921. The number of nitrogens with zero attached hydrogens (tertiary/aromatic N) is 1. The van der Waals surface area contributed by atoms with Crippen molar-refractivity contribution >= 4 is 11.6 Å². The number of likely N-dealkylation sites (N-methyl/N-ethyl adjacent to an activating group) is 1. The quantitative estimate of drug-likeness (QED) is 0.812. The Hall–Kier alpha value is -0.510. The minimum Gasteiger partial charge on any atom is -0.450 e. The molecule has 1 fully saturated rings. The fourth-order valence-corrected chi connectivity index (χ4v) is 2.17. The molecule has 4 heteroatoms. The molecule has 2 rings (SSSR count). The van der Waals surface area contributed by atoms with E-state index in [2.05, 4.69) is 11.9 Å². The van der Waals surface area contributed by atoms with Gasteiger partial charge in [-0.1, -0.05) is 0 Å². The van der Waals surface area contributed by atoms with E-state index in [-0.39, 0.29) is 6.04 Å². The number of nitrogens with two attached hydrogens (primary N) is 1. The molecule has 0 saturated carbocycles. The highest BCUT2D eigenvalue weighted by Crippen LogP contribution is 2.21. The van der Waals surface area contributed by atoms with Gasteiger partial charge in [0.25, 0.3) is 0 Å². The molecule has 0 aliphatic carbocycles. The highest BCUT2D eigenvalue weighted by atomic mass is 35.5. The van der Waals surface area contributed by atoms with E-state index in [1.165, 1.54) is 0 Å². The summed E-state index contributed by atoms with van der Waals surface area (Å²) in [6.45, 7) is 1.07. The maximum Gasteiger partial charge on any atom is 0.193 e. The van der Waals surface area contributed by atoms with Crippen LogP contribution in [0.1, 0.15) is 12.2 Å². The van der Waals surface area contributed by atoms with Gasteiger partial charge in [0, 0.05) is 18.5 Å². The minimum atomic E-state index is 0.254. The summed E-state index contributed by atoms with van der Waals surface area (Å²) in [4.78, 5) is 2.28. The van der Waals surface area contributed by atoms with Crippen LogP contribution in [0, 0.1) is 0 Å². The predicted molar refractivity (Wildman–Crippen MR) is 56.4 cm³/mol. The molecule has 2 N–H and O–H groups in total. The molecule has 3 nitrogen and oxygen atoms in total. The number of furan rings is 1. The molecule has 0 radical (unpaired) electrons. The predicted octanol–water partition coefficient (Wildman–Crippen LogP) is 1.51. The Labute approximate surface area is 88.8 Å². The van der Waals surface area contributed by atoms with Crippen molar-refractivity contribution in [3.05, 3.63) is 23.1 Å². The highest BCUT2D eigenvalue weighted by molar-refractivity contribution is 6.28. The van der Waals surface area contributed by atoms with Crippen molar-refractivity contribution in [2.75, 3.05) is 13.6 Å². The van der Waals surface area contributed by atoms with Crippen LogP contribution < -0.4 is 5.73 Å². The summed E-state index contributed by atoms with van der Waals surface area (Å²) in [6.07, 6.45) is 1.92. The van der Waals surface area contributed by atoms with Gasteiger partial charge in [0.15, 0.2) is 5.22 Å². The van der Waals surface area contributed by atoms with Crippen LogP contribution in [0.5, 0.6) is 0 Å². The minimum absolute atomic E-state index is 0.254. The van der Waals surface area contributed by atoms with Gasteiger partial charge in [-0.25, -0.2) is 0 Å². The molecule has 1 aromatic heterocycles. The highest BCUT2D eigenvalue weighted by Gasteiger charge is 2.29. The third kappa shape index (κ3) is 1.95. The lowest BCUT2D eigenvalue weighted by atomic mass is 10.1.